The fraction of sp³-hybridized carbons (Fsp3) is 0.167. The highest BCUT2D eigenvalue weighted by atomic mass is 79.9. The molecule has 94 valence electrons. The van der Waals surface area contributed by atoms with Gasteiger partial charge in [0.25, 0.3) is 0 Å². The number of nitrogens with zero attached hydrogens (tertiary/aromatic N) is 1. The van der Waals surface area contributed by atoms with Gasteiger partial charge in [-0.3, -0.25) is 4.79 Å². The molecule has 0 bridgehead atoms. The van der Waals surface area contributed by atoms with Gasteiger partial charge >= 0.3 is 0 Å². The Kier molecular flexibility index (Phi) is 4.08. The maximum atomic E-state index is 13.0. The molecule has 0 aliphatic carbocycles. The Morgan fingerprint density at radius 3 is 2.83 bits per heavy atom. The van der Waals surface area contributed by atoms with Crippen LogP contribution in [0.25, 0.3) is 0 Å². The van der Waals surface area contributed by atoms with Gasteiger partial charge in [0.15, 0.2) is 5.13 Å². The van der Waals surface area contributed by atoms with Crippen LogP contribution >= 0.6 is 27.3 Å². The maximum absolute atomic E-state index is 13.0. The van der Waals surface area contributed by atoms with E-state index >= 15 is 0 Å². The highest BCUT2D eigenvalue weighted by Crippen LogP contribution is 2.18. The molecule has 0 spiro atoms. The summed E-state index contributed by atoms with van der Waals surface area (Å²) in [5.41, 5.74) is 6.95. The van der Waals surface area contributed by atoms with Gasteiger partial charge in [0.1, 0.15) is 11.6 Å². The quantitative estimate of drug-likeness (QED) is 0.938. The summed E-state index contributed by atoms with van der Waals surface area (Å²) in [6.45, 7) is 0. The number of hydrogen-bond acceptors (Lipinski definition) is 4. The first-order valence-electron chi connectivity index (χ1n) is 5.20. The van der Waals surface area contributed by atoms with Crippen molar-refractivity contribution in [1.82, 2.24) is 4.98 Å². The molecule has 0 saturated carbocycles. The van der Waals surface area contributed by atoms with Crippen LogP contribution in [0, 0.1) is 5.82 Å². The van der Waals surface area contributed by atoms with Gasteiger partial charge in [0.05, 0.1) is 10.2 Å². The number of ketones is 1. The Morgan fingerprint density at radius 2 is 2.22 bits per heavy atom. The minimum atomic E-state index is -0.335. The summed E-state index contributed by atoms with van der Waals surface area (Å²) in [4.78, 5) is 15.8. The van der Waals surface area contributed by atoms with Crippen molar-refractivity contribution < 1.29 is 9.18 Å². The zero-order valence-corrected chi connectivity index (χ0v) is 11.7. The molecule has 2 N–H and O–H groups in total. The number of carbonyl (C=O) groups excluding carboxylic acids is 1. The number of nitrogen functional groups attached to an aromatic ring is 1. The number of Topliss-reactive ketones (excluding diaryl/α,β-unsaturated/α-hetero) is 1. The summed E-state index contributed by atoms with van der Waals surface area (Å²) in [7, 11) is 0. The maximum Gasteiger partial charge on any atom is 0.180 e. The molecule has 2 aromatic rings. The molecule has 0 aliphatic rings. The van der Waals surface area contributed by atoms with Crippen LogP contribution in [0.1, 0.15) is 11.3 Å². The fourth-order valence-corrected chi connectivity index (χ4v) is 2.53. The minimum Gasteiger partial charge on any atom is -0.375 e. The number of anilines is 1. The number of thiazole rings is 1. The molecule has 2 rings (SSSR count). The molecule has 0 fully saturated rings. The molecule has 0 amide bonds. The Labute approximate surface area is 116 Å². The normalized spacial score (nSPS) is 10.6. The van der Waals surface area contributed by atoms with Crippen molar-refractivity contribution in [2.75, 3.05) is 5.73 Å². The monoisotopic (exact) mass is 328 g/mol. The number of carbonyl (C=O) groups is 1. The SMILES string of the molecule is Nc1nc(CC(=O)Cc2ccc(F)c(Br)c2)cs1. The Hall–Kier alpha value is -1.27. The topological polar surface area (TPSA) is 56.0 Å². The van der Waals surface area contributed by atoms with Gasteiger partial charge in [-0.05, 0) is 33.6 Å². The molecule has 0 radical (unpaired) electrons. The van der Waals surface area contributed by atoms with Gasteiger partial charge in [0.2, 0.25) is 0 Å². The van der Waals surface area contributed by atoms with E-state index in [0.29, 0.717) is 15.3 Å². The molecular formula is C12H10BrFN2OS. The highest BCUT2D eigenvalue weighted by molar-refractivity contribution is 9.10. The molecule has 0 saturated heterocycles. The first-order chi connectivity index (χ1) is 8.54. The third kappa shape index (κ3) is 3.36. The largest absolute Gasteiger partial charge is 0.375 e. The van der Waals surface area contributed by atoms with Crippen molar-refractivity contribution in [2.24, 2.45) is 0 Å². The summed E-state index contributed by atoms with van der Waals surface area (Å²) >= 11 is 4.41. The Balaban J connectivity index is 2.00. The number of hydrogen-bond donors (Lipinski definition) is 1. The lowest BCUT2D eigenvalue weighted by Crippen LogP contribution is -2.07. The number of rotatable bonds is 4. The van der Waals surface area contributed by atoms with E-state index in [4.69, 9.17) is 5.73 Å². The average Bonchev–Trinajstić information content (AvgIpc) is 2.69. The second-order valence-corrected chi connectivity index (χ2v) is 5.56. The van der Waals surface area contributed by atoms with Crippen molar-refractivity contribution in [2.45, 2.75) is 12.8 Å². The molecule has 18 heavy (non-hydrogen) atoms. The van der Waals surface area contributed by atoms with Crippen LogP contribution in [0.4, 0.5) is 9.52 Å². The van der Waals surface area contributed by atoms with E-state index in [9.17, 15) is 9.18 Å². The van der Waals surface area contributed by atoms with Gasteiger partial charge in [0, 0.05) is 18.2 Å². The van der Waals surface area contributed by atoms with Gasteiger partial charge in [-0.1, -0.05) is 6.07 Å². The number of benzene rings is 1. The van der Waals surface area contributed by atoms with Gasteiger partial charge < -0.3 is 5.73 Å². The van der Waals surface area contributed by atoms with E-state index < -0.39 is 0 Å². The molecule has 0 unspecified atom stereocenters. The first-order valence-corrected chi connectivity index (χ1v) is 6.87. The third-order valence-electron chi connectivity index (χ3n) is 2.33. The van der Waals surface area contributed by atoms with E-state index in [1.807, 2.05) is 0 Å². The summed E-state index contributed by atoms with van der Waals surface area (Å²) in [5, 5.41) is 2.23. The third-order valence-corrected chi connectivity index (χ3v) is 3.66. The van der Waals surface area contributed by atoms with Crippen LogP contribution in [0.5, 0.6) is 0 Å². The second kappa shape index (κ2) is 5.58. The molecular weight excluding hydrogens is 319 g/mol. The lowest BCUT2D eigenvalue weighted by atomic mass is 10.1. The summed E-state index contributed by atoms with van der Waals surface area (Å²) in [6.07, 6.45) is 0.513. The summed E-state index contributed by atoms with van der Waals surface area (Å²) in [5.74, 6) is -0.308. The lowest BCUT2D eigenvalue weighted by molar-refractivity contribution is -0.117. The number of aromatic nitrogens is 1. The predicted molar refractivity (Wildman–Crippen MR) is 73.0 cm³/mol. The summed E-state index contributed by atoms with van der Waals surface area (Å²) in [6, 6.07) is 4.56. The van der Waals surface area contributed by atoms with Gasteiger partial charge in [-0.2, -0.15) is 0 Å². The number of nitrogens with two attached hydrogens (primary N) is 1. The zero-order chi connectivity index (χ0) is 13.1. The van der Waals surface area contributed by atoms with E-state index in [1.54, 1.807) is 17.5 Å². The first kappa shape index (κ1) is 13.2. The summed E-state index contributed by atoms with van der Waals surface area (Å²) < 4.78 is 13.4. The smallest absolute Gasteiger partial charge is 0.180 e. The Morgan fingerprint density at radius 1 is 1.44 bits per heavy atom. The van der Waals surface area contributed by atoms with Crippen LogP contribution in [-0.2, 0) is 17.6 Å². The lowest BCUT2D eigenvalue weighted by Gasteiger charge is -2.01. The van der Waals surface area contributed by atoms with Crippen molar-refractivity contribution in [1.29, 1.82) is 0 Å². The van der Waals surface area contributed by atoms with Crippen molar-refractivity contribution >= 4 is 38.2 Å². The minimum absolute atomic E-state index is 0.0267. The molecule has 1 aromatic carbocycles. The van der Waals surface area contributed by atoms with E-state index in [1.165, 1.54) is 17.4 Å². The highest BCUT2D eigenvalue weighted by Gasteiger charge is 2.09. The molecule has 0 atom stereocenters. The van der Waals surface area contributed by atoms with Crippen LogP contribution < -0.4 is 5.73 Å². The second-order valence-electron chi connectivity index (χ2n) is 3.82. The van der Waals surface area contributed by atoms with Crippen LogP contribution in [0.3, 0.4) is 0 Å². The van der Waals surface area contributed by atoms with Gasteiger partial charge in [-0.15, -0.1) is 11.3 Å². The van der Waals surface area contributed by atoms with Crippen molar-refractivity contribution in [3.8, 4) is 0 Å². The molecule has 1 heterocycles. The fourth-order valence-electron chi connectivity index (χ4n) is 1.55. The van der Waals surface area contributed by atoms with E-state index in [2.05, 4.69) is 20.9 Å². The van der Waals surface area contributed by atoms with Gasteiger partial charge in [-0.25, -0.2) is 9.37 Å². The zero-order valence-electron chi connectivity index (χ0n) is 9.32. The standard InChI is InChI=1S/C12H10BrFN2OS/c13-10-4-7(1-2-11(10)14)3-9(17)5-8-6-18-12(15)16-8/h1-2,4,6H,3,5H2,(H2,15,16). The van der Waals surface area contributed by atoms with Crippen LogP contribution in [0.15, 0.2) is 28.1 Å². The van der Waals surface area contributed by atoms with Crippen LogP contribution in [-0.4, -0.2) is 10.8 Å². The van der Waals surface area contributed by atoms with Crippen molar-refractivity contribution in [3.05, 3.63) is 45.1 Å². The molecule has 3 nitrogen and oxygen atoms in total. The molecule has 6 heteroatoms. The Bertz CT molecular complexity index is 585. The number of halogens is 2. The van der Waals surface area contributed by atoms with E-state index in [0.717, 1.165) is 5.56 Å². The molecule has 1 aromatic heterocycles. The van der Waals surface area contributed by atoms with E-state index in [-0.39, 0.29) is 24.4 Å². The van der Waals surface area contributed by atoms with Crippen molar-refractivity contribution in [3.63, 3.8) is 0 Å². The average molecular weight is 329 g/mol. The molecule has 0 aliphatic heterocycles. The predicted octanol–water partition coefficient (Wildman–Crippen LogP) is 2.98. The van der Waals surface area contributed by atoms with Crippen LogP contribution in [0.2, 0.25) is 0 Å².